The number of aryl methyl sites for hydroxylation is 1. The number of nitrogens with zero attached hydrogens (tertiary/aromatic N) is 7. The molecule has 30 heavy (non-hydrogen) atoms. The molecule has 0 amide bonds. The minimum absolute atomic E-state index is 0.184. The molecule has 0 aliphatic heterocycles. The van der Waals surface area contributed by atoms with Gasteiger partial charge in [-0.3, -0.25) is 4.68 Å². The molecule has 1 N–H and O–H groups in total. The van der Waals surface area contributed by atoms with Crippen LogP contribution in [0.25, 0.3) is 22.3 Å². The number of hydrogen-bond acceptors (Lipinski definition) is 8. The van der Waals surface area contributed by atoms with Crippen molar-refractivity contribution in [2.45, 2.75) is 40.3 Å². The molecule has 9 heteroatoms. The van der Waals surface area contributed by atoms with Gasteiger partial charge < -0.3 is 10.1 Å². The summed E-state index contributed by atoms with van der Waals surface area (Å²) in [6.07, 6.45) is 5.10. The molecule has 4 rings (SSSR count). The molecule has 0 radical (unpaired) electrons. The summed E-state index contributed by atoms with van der Waals surface area (Å²) in [6.45, 7) is 9.06. The SMILES string of the molecule is CCOc1nnccc1-c1cc(NCc2ncccn2)c2c(n1)c(C)nn2C(C)C. The molecule has 0 atom stereocenters. The lowest BCUT2D eigenvalue weighted by molar-refractivity contribution is 0.324. The zero-order valence-electron chi connectivity index (χ0n) is 17.5. The van der Waals surface area contributed by atoms with Crippen molar-refractivity contribution in [3.63, 3.8) is 0 Å². The average Bonchev–Trinajstić information content (AvgIpc) is 3.10. The van der Waals surface area contributed by atoms with Crippen LogP contribution < -0.4 is 10.1 Å². The summed E-state index contributed by atoms with van der Waals surface area (Å²) in [6, 6.07) is 5.84. The van der Waals surface area contributed by atoms with Crippen molar-refractivity contribution in [2.75, 3.05) is 11.9 Å². The predicted octanol–water partition coefficient (Wildman–Crippen LogP) is 3.58. The van der Waals surface area contributed by atoms with Crippen LogP contribution in [-0.2, 0) is 6.54 Å². The standard InChI is InChI=1S/C21H24N8O/c1-5-30-21-15(7-10-25-27-21)16-11-17(24-12-18-22-8-6-9-23-18)20-19(26-16)14(4)28-29(20)13(2)3/h6-11,13H,5,12H2,1-4H3,(H,24,26). The van der Waals surface area contributed by atoms with E-state index in [1.165, 1.54) is 0 Å². The summed E-state index contributed by atoms with van der Waals surface area (Å²) in [5.41, 5.74) is 5.06. The van der Waals surface area contributed by atoms with Crippen molar-refractivity contribution < 1.29 is 4.74 Å². The minimum atomic E-state index is 0.184. The molecular weight excluding hydrogens is 380 g/mol. The molecule has 0 saturated heterocycles. The summed E-state index contributed by atoms with van der Waals surface area (Å²) in [4.78, 5) is 13.5. The smallest absolute Gasteiger partial charge is 0.242 e. The third kappa shape index (κ3) is 3.78. The van der Waals surface area contributed by atoms with Crippen molar-refractivity contribution in [2.24, 2.45) is 0 Å². The van der Waals surface area contributed by atoms with Gasteiger partial charge in [-0.2, -0.15) is 10.2 Å². The average molecular weight is 404 g/mol. The first-order valence-corrected chi connectivity index (χ1v) is 9.93. The van der Waals surface area contributed by atoms with Crippen molar-refractivity contribution in [3.8, 4) is 17.1 Å². The maximum atomic E-state index is 5.67. The number of ether oxygens (including phenoxy) is 1. The first kappa shape index (κ1) is 19.7. The summed E-state index contributed by atoms with van der Waals surface area (Å²) in [5.74, 6) is 1.16. The molecule has 0 fully saturated rings. The lowest BCUT2D eigenvalue weighted by Gasteiger charge is -2.14. The molecule has 4 aromatic rings. The van der Waals surface area contributed by atoms with Crippen LogP contribution in [-0.4, -0.2) is 41.5 Å². The van der Waals surface area contributed by atoms with Gasteiger partial charge in [0.1, 0.15) is 16.9 Å². The van der Waals surface area contributed by atoms with Crippen LogP contribution in [0.5, 0.6) is 5.88 Å². The molecule has 0 aromatic carbocycles. The molecule has 0 aliphatic rings. The van der Waals surface area contributed by atoms with Crippen molar-refractivity contribution in [1.82, 2.24) is 34.9 Å². The summed E-state index contributed by atoms with van der Waals surface area (Å²) < 4.78 is 7.66. The number of anilines is 1. The van der Waals surface area contributed by atoms with E-state index in [9.17, 15) is 0 Å². The zero-order valence-corrected chi connectivity index (χ0v) is 17.5. The van der Waals surface area contributed by atoms with Gasteiger partial charge in [-0.1, -0.05) is 0 Å². The molecule has 9 nitrogen and oxygen atoms in total. The van der Waals surface area contributed by atoms with Gasteiger partial charge in [-0.25, -0.2) is 15.0 Å². The molecule has 154 valence electrons. The molecule has 0 bridgehead atoms. The van der Waals surface area contributed by atoms with Crippen molar-refractivity contribution in [1.29, 1.82) is 0 Å². The van der Waals surface area contributed by atoms with E-state index in [0.29, 0.717) is 24.9 Å². The van der Waals surface area contributed by atoms with E-state index in [2.05, 4.69) is 39.3 Å². The van der Waals surface area contributed by atoms with Crippen LogP contribution in [0, 0.1) is 6.92 Å². The van der Waals surface area contributed by atoms with E-state index in [0.717, 1.165) is 33.7 Å². The highest BCUT2D eigenvalue weighted by molar-refractivity contribution is 5.93. The largest absolute Gasteiger partial charge is 0.476 e. The van der Waals surface area contributed by atoms with Crippen LogP contribution >= 0.6 is 0 Å². The summed E-state index contributed by atoms with van der Waals surface area (Å²) >= 11 is 0. The molecule has 4 aromatic heterocycles. The Balaban J connectivity index is 1.86. The highest BCUT2D eigenvalue weighted by Gasteiger charge is 2.19. The Labute approximate surface area is 174 Å². The molecule has 0 spiro atoms. The Hall–Kier alpha value is -3.62. The Bertz CT molecular complexity index is 1160. The fraction of sp³-hybridized carbons (Fsp3) is 0.333. The molecular formula is C21H24N8O. The van der Waals surface area contributed by atoms with Crippen LogP contribution in [0.3, 0.4) is 0 Å². The fourth-order valence-electron chi connectivity index (χ4n) is 3.28. The second-order valence-electron chi connectivity index (χ2n) is 7.08. The third-order valence-corrected chi connectivity index (χ3v) is 4.61. The number of rotatable bonds is 7. The molecule has 0 unspecified atom stereocenters. The second kappa shape index (κ2) is 8.40. The first-order chi connectivity index (χ1) is 14.6. The highest BCUT2D eigenvalue weighted by atomic mass is 16.5. The number of pyridine rings is 1. The van der Waals surface area contributed by atoms with Gasteiger partial charge in [-0.05, 0) is 45.9 Å². The van der Waals surface area contributed by atoms with E-state index in [1.807, 2.05) is 30.7 Å². The monoisotopic (exact) mass is 404 g/mol. The normalized spacial score (nSPS) is 11.2. The molecule has 0 aliphatic carbocycles. The van der Waals surface area contributed by atoms with E-state index in [4.69, 9.17) is 14.8 Å². The van der Waals surface area contributed by atoms with Crippen molar-refractivity contribution >= 4 is 16.7 Å². The second-order valence-corrected chi connectivity index (χ2v) is 7.08. The van der Waals surface area contributed by atoms with E-state index >= 15 is 0 Å². The number of nitrogens with one attached hydrogen (secondary N) is 1. The van der Waals surface area contributed by atoms with Crippen LogP contribution in [0.15, 0.2) is 36.8 Å². The predicted molar refractivity (Wildman–Crippen MR) is 114 cm³/mol. The van der Waals surface area contributed by atoms with Gasteiger partial charge in [0.2, 0.25) is 5.88 Å². The highest BCUT2D eigenvalue weighted by Crippen LogP contribution is 2.34. The van der Waals surface area contributed by atoms with Crippen LogP contribution in [0.1, 0.15) is 38.3 Å². The summed E-state index contributed by atoms with van der Waals surface area (Å²) in [5, 5.41) is 16.3. The maximum absolute atomic E-state index is 5.67. The van der Waals surface area contributed by atoms with Crippen LogP contribution in [0.4, 0.5) is 5.69 Å². The lowest BCUT2D eigenvalue weighted by Crippen LogP contribution is -2.08. The van der Waals surface area contributed by atoms with Gasteiger partial charge in [0, 0.05) is 18.4 Å². The van der Waals surface area contributed by atoms with Gasteiger partial charge in [0.05, 0.1) is 42.0 Å². The fourth-order valence-corrected chi connectivity index (χ4v) is 3.28. The Kier molecular flexibility index (Phi) is 5.51. The number of fused-ring (bicyclic) bond motifs is 1. The minimum Gasteiger partial charge on any atom is -0.476 e. The van der Waals surface area contributed by atoms with E-state index in [1.54, 1.807) is 24.7 Å². The number of hydrogen-bond donors (Lipinski definition) is 1. The van der Waals surface area contributed by atoms with Gasteiger partial charge >= 0.3 is 0 Å². The Morgan fingerprint density at radius 3 is 2.70 bits per heavy atom. The Morgan fingerprint density at radius 1 is 1.17 bits per heavy atom. The van der Waals surface area contributed by atoms with Gasteiger partial charge in [0.15, 0.2) is 0 Å². The third-order valence-electron chi connectivity index (χ3n) is 4.61. The van der Waals surface area contributed by atoms with Crippen LogP contribution in [0.2, 0.25) is 0 Å². The van der Waals surface area contributed by atoms with E-state index in [-0.39, 0.29) is 6.04 Å². The summed E-state index contributed by atoms with van der Waals surface area (Å²) in [7, 11) is 0. The van der Waals surface area contributed by atoms with E-state index < -0.39 is 0 Å². The van der Waals surface area contributed by atoms with Crippen molar-refractivity contribution in [3.05, 3.63) is 48.3 Å². The quantitative estimate of drug-likeness (QED) is 0.498. The topological polar surface area (TPSA) is 104 Å². The number of aromatic nitrogens is 7. The van der Waals surface area contributed by atoms with Gasteiger partial charge in [-0.15, -0.1) is 5.10 Å². The van der Waals surface area contributed by atoms with Gasteiger partial charge in [0.25, 0.3) is 0 Å². The zero-order chi connectivity index (χ0) is 21.1. The lowest BCUT2D eigenvalue weighted by atomic mass is 10.1. The maximum Gasteiger partial charge on any atom is 0.242 e. The molecule has 0 saturated carbocycles. The Morgan fingerprint density at radius 2 is 1.97 bits per heavy atom. The molecule has 4 heterocycles. The first-order valence-electron chi connectivity index (χ1n) is 9.93.